The van der Waals surface area contributed by atoms with Crippen LogP contribution in [0.3, 0.4) is 0 Å². The van der Waals surface area contributed by atoms with E-state index in [0.717, 1.165) is 16.6 Å². The maximum absolute atomic E-state index is 11.3. The zero-order valence-corrected chi connectivity index (χ0v) is 9.19. The molecule has 0 bridgehead atoms. The van der Waals surface area contributed by atoms with Crippen molar-refractivity contribution in [2.24, 2.45) is 5.10 Å². The van der Waals surface area contributed by atoms with Crippen LogP contribution < -0.4 is 5.56 Å². The predicted molar refractivity (Wildman–Crippen MR) is 60.1 cm³/mol. The summed E-state index contributed by atoms with van der Waals surface area (Å²) in [5, 5.41) is 9.91. The molecule has 0 spiro atoms. The molecule has 0 fully saturated rings. The average molecular weight is 236 g/mol. The van der Waals surface area contributed by atoms with Gasteiger partial charge in [0.25, 0.3) is 5.56 Å². The minimum atomic E-state index is -0.400. The van der Waals surface area contributed by atoms with E-state index in [1.807, 2.05) is 6.92 Å². The summed E-state index contributed by atoms with van der Waals surface area (Å²) < 4.78 is 6.42. The molecule has 0 atom stereocenters. The highest BCUT2D eigenvalue weighted by molar-refractivity contribution is 7.71. The first-order chi connectivity index (χ1) is 7.66. The zero-order chi connectivity index (χ0) is 11.5. The van der Waals surface area contributed by atoms with Gasteiger partial charge >= 0.3 is 0 Å². The molecule has 6 nitrogen and oxygen atoms in total. The molecule has 2 aromatic heterocycles. The van der Waals surface area contributed by atoms with E-state index in [4.69, 9.17) is 16.6 Å². The van der Waals surface area contributed by atoms with Crippen molar-refractivity contribution < 1.29 is 4.42 Å². The molecule has 2 heterocycles. The number of aromatic nitrogens is 3. The van der Waals surface area contributed by atoms with Crippen LogP contribution in [0.25, 0.3) is 0 Å². The molecule has 2 rings (SSSR count). The molecule has 0 aliphatic heterocycles. The smallest absolute Gasteiger partial charge is 0.293 e. The van der Waals surface area contributed by atoms with Crippen LogP contribution >= 0.6 is 12.2 Å². The second-order valence-electron chi connectivity index (χ2n) is 3.02. The van der Waals surface area contributed by atoms with Gasteiger partial charge in [0.05, 0.1) is 6.21 Å². The monoisotopic (exact) mass is 236 g/mol. The highest BCUT2D eigenvalue weighted by atomic mass is 32.1. The van der Waals surface area contributed by atoms with Crippen molar-refractivity contribution in [1.29, 1.82) is 0 Å². The quantitative estimate of drug-likeness (QED) is 0.625. The van der Waals surface area contributed by atoms with Crippen LogP contribution in [-0.4, -0.2) is 21.1 Å². The van der Waals surface area contributed by atoms with Crippen LogP contribution in [0.1, 0.15) is 11.5 Å². The summed E-state index contributed by atoms with van der Waals surface area (Å²) in [6, 6.07) is 3.55. The third kappa shape index (κ3) is 2.14. The topological polar surface area (TPSA) is 76.2 Å². The predicted octanol–water partition coefficient (Wildman–Crippen LogP) is 1.08. The second-order valence-corrected chi connectivity index (χ2v) is 3.40. The Bertz CT molecular complexity index is 609. The normalized spacial score (nSPS) is 11.1. The Labute approximate surface area is 95.2 Å². The Morgan fingerprint density at radius 3 is 3.06 bits per heavy atom. The van der Waals surface area contributed by atoms with Crippen molar-refractivity contribution in [3.05, 3.63) is 45.0 Å². The van der Waals surface area contributed by atoms with Crippen LogP contribution in [0.5, 0.6) is 0 Å². The first-order valence-electron chi connectivity index (χ1n) is 4.44. The third-order valence-electron chi connectivity index (χ3n) is 1.80. The molecule has 7 heteroatoms. The fourth-order valence-corrected chi connectivity index (χ4v) is 1.28. The number of nitrogens with zero attached hydrogens (tertiary/aromatic N) is 3. The first-order valence-corrected chi connectivity index (χ1v) is 4.85. The van der Waals surface area contributed by atoms with Gasteiger partial charge in [-0.2, -0.15) is 14.9 Å². The summed E-state index contributed by atoms with van der Waals surface area (Å²) >= 11 is 4.86. The van der Waals surface area contributed by atoms with E-state index >= 15 is 0 Å². The molecule has 0 unspecified atom stereocenters. The largest absolute Gasteiger partial charge is 0.460 e. The minimum absolute atomic E-state index is 0.132. The number of aromatic amines is 1. The summed E-state index contributed by atoms with van der Waals surface area (Å²) in [5.74, 6) is 1.32. The van der Waals surface area contributed by atoms with E-state index in [0.29, 0.717) is 5.76 Å². The highest BCUT2D eigenvalue weighted by Gasteiger charge is 1.96. The molecule has 0 amide bonds. The van der Waals surface area contributed by atoms with E-state index in [2.05, 4.69) is 15.3 Å². The number of aryl methyl sites for hydroxylation is 1. The number of rotatable bonds is 2. The van der Waals surface area contributed by atoms with Crippen molar-refractivity contribution in [2.45, 2.75) is 6.92 Å². The lowest BCUT2D eigenvalue weighted by atomic mass is 10.4. The minimum Gasteiger partial charge on any atom is -0.460 e. The highest BCUT2D eigenvalue weighted by Crippen LogP contribution is 2.02. The van der Waals surface area contributed by atoms with Gasteiger partial charge in [0.2, 0.25) is 4.77 Å². The summed E-state index contributed by atoms with van der Waals surface area (Å²) in [5.41, 5.74) is -0.400. The lowest BCUT2D eigenvalue weighted by Crippen LogP contribution is -2.18. The van der Waals surface area contributed by atoms with Crippen LogP contribution in [0.15, 0.2) is 32.6 Å². The third-order valence-corrected chi connectivity index (χ3v) is 2.06. The zero-order valence-electron chi connectivity index (χ0n) is 8.38. The molecule has 16 heavy (non-hydrogen) atoms. The number of hydrogen-bond acceptors (Lipinski definition) is 5. The fraction of sp³-hybridized carbons (Fsp3) is 0.111. The average Bonchev–Trinajstić information content (AvgIpc) is 2.63. The SMILES string of the molecule is Cc1ccc(/C=N\n2c(=O)cn[nH]c2=S)o1. The van der Waals surface area contributed by atoms with E-state index in [1.54, 1.807) is 12.1 Å². The Morgan fingerprint density at radius 1 is 1.62 bits per heavy atom. The number of nitrogens with one attached hydrogen (secondary N) is 1. The lowest BCUT2D eigenvalue weighted by molar-refractivity contribution is 0.527. The van der Waals surface area contributed by atoms with Crippen LogP contribution in [-0.2, 0) is 0 Å². The van der Waals surface area contributed by atoms with Gasteiger partial charge in [-0.05, 0) is 31.3 Å². The standard InChI is InChI=1S/C9H8N4O2S/c1-6-2-3-7(15-6)4-11-13-8(14)5-10-12-9(13)16/h2-5H,1H3,(H,12,16)/b11-4-. The fourth-order valence-electron chi connectivity index (χ4n) is 1.09. The van der Waals surface area contributed by atoms with Gasteiger partial charge in [-0.25, -0.2) is 0 Å². The van der Waals surface area contributed by atoms with Gasteiger partial charge in [0.15, 0.2) is 0 Å². The molecule has 0 saturated heterocycles. The van der Waals surface area contributed by atoms with E-state index < -0.39 is 5.56 Å². The van der Waals surface area contributed by atoms with Gasteiger partial charge in [-0.1, -0.05) is 0 Å². The van der Waals surface area contributed by atoms with Gasteiger partial charge < -0.3 is 4.42 Å². The van der Waals surface area contributed by atoms with Crippen molar-refractivity contribution in [3.63, 3.8) is 0 Å². The first kappa shape index (κ1) is 10.5. The number of furan rings is 1. The van der Waals surface area contributed by atoms with Gasteiger partial charge in [0, 0.05) is 0 Å². The summed E-state index contributed by atoms with van der Waals surface area (Å²) in [6.45, 7) is 1.82. The van der Waals surface area contributed by atoms with Crippen molar-refractivity contribution in [2.75, 3.05) is 0 Å². The maximum atomic E-state index is 11.3. The Balaban J connectivity index is 2.38. The molecule has 0 saturated carbocycles. The van der Waals surface area contributed by atoms with Crippen LogP contribution in [0.2, 0.25) is 0 Å². The molecule has 2 aromatic rings. The summed E-state index contributed by atoms with van der Waals surface area (Å²) in [4.78, 5) is 11.3. The molecular formula is C9H8N4O2S. The summed E-state index contributed by atoms with van der Waals surface area (Å²) in [6.07, 6.45) is 2.51. The number of hydrogen-bond donors (Lipinski definition) is 1. The van der Waals surface area contributed by atoms with E-state index in [1.165, 1.54) is 6.21 Å². The second kappa shape index (κ2) is 4.23. The molecule has 0 aromatic carbocycles. The van der Waals surface area contributed by atoms with Crippen LogP contribution in [0.4, 0.5) is 0 Å². The lowest BCUT2D eigenvalue weighted by Gasteiger charge is -1.94. The molecule has 0 aliphatic rings. The van der Waals surface area contributed by atoms with Gasteiger partial charge in [0.1, 0.15) is 17.7 Å². The summed E-state index contributed by atoms with van der Waals surface area (Å²) in [7, 11) is 0. The van der Waals surface area contributed by atoms with Gasteiger partial charge in [-0.3, -0.25) is 9.89 Å². The van der Waals surface area contributed by atoms with E-state index in [9.17, 15) is 4.79 Å². The van der Waals surface area contributed by atoms with Crippen molar-refractivity contribution in [3.8, 4) is 0 Å². The Morgan fingerprint density at radius 2 is 2.44 bits per heavy atom. The maximum Gasteiger partial charge on any atom is 0.293 e. The molecule has 0 aliphatic carbocycles. The van der Waals surface area contributed by atoms with E-state index in [-0.39, 0.29) is 4.77 Å². The number of H-pyrrole nitrogens is 1. The van der Waals surface area contributed by atoms with Crippen LogP contribution in [0, 0.1) is 11.7 Å². The Kier molecular flexibility index (Phi) is 2.78. The molecule has 82 valence electrons. The molecule has 1 N–H and O–H groups in total. The molecular weight excluding hydrogens is 228 g/mol. The Hall–Kier alpha value is -2.02. The van der Waals surface area contributed by atoms with Gasteiger partial charge in [-0.15, -0.1) is 0 Å². The van der Waals surface area contributed by atoms with Crippen molar-refractivity contribution in [1.82, 2.24) is 14.9 Å². The molecule has 0 radical (unpaired) electrons. The van der Waals surface area contributed by atoms with Crippen molar-refractivity contribution >= 4 is 18.4 Å².